The van der Waals surface area contributed by atoms with Crippen molar-refractivity contribution in [2.75, 3.05) is 30.6 Å². The number of anilines is 1. The maximum Gasteiger partial charge on any atom is 0.260 e. The first-order chi connectivity index (χ1) is 15.0. The number of hydrogen-bond donors (Lipinski definition) is 0. The van der Waals surface area contributed by atoms with Gasteiger partial charge in [0.1, 0.15) is 0 Å². The number of aromatic nitrogens is 1. The molecular weight excluding hydrogens is 472 g/mol. The molecule has 0 N–H and O–H groups in total. The fourth-order valence-electron chi connectivity index (χ4n) is 3.48. The Bertz CT molecular complexity index is 1370. The normalized spacial score (nSPS) is 17.0. The third-order valence-electron chi connectivity index (χ3n) is 5.19. The molecule has 0 radical (unpaired) electrons. The van der Waals surface area contributed by atoms with Crippen LogP contribution in [0.5, 0.6) is 0 Å². The molecule has 8 nitrogen and oxygen atoms in total. The topological polar surface area (TPSA) is 111 Å². The number of rotatable bonds is 6. The molecule has 0 saturated carbocycles. The Kier molecular flexibility index (Phi) is 6.10. The number of hydrogen-bond acceptors (Lipinski definition) is 8. The Balaban J connectivity index is 1.72. The molecule has 1 unspecified atom stereocenters. The Labute approximate surface area is 190 Å². The number of carbonyl (C=O) groups is 1. The Morgan fingerprint density at radius 3 is 2.31 bits per heavy atom. The van der Waals surface area contributed by atoms with Crippen molar-refractivity contribution in [1.82, 2.24) is 4.98 Å². The summed E-state index contributed by atoms with van der Waals surface area (Å²) in [7, 11) is -6.74. The highest BCUT2D eigenvalue weighted by Crippen LogP contribution is 2.32. The largest absolute Gasteiger partial charge is 0.376 e. The van der Waals surface area contributed by atoms with Crippen LogP contribution in [0.25, 0.3) is 10.2 Å². The van der Waals surface area contributed by atoms with Crippen LogP contribution in [0.3, 0.4) is 0 Å². The number of amides is 1. The van der Waals surface area contributed by atoms with Gasteiger partial charge < -0.3 is 4.74 Å². The third kappa shape index (κ3) is 4.85. The van der Waals surface area contributed by atoms with E-state index in [0.717, 1.165) is 25.4 Å². The predicted octanol–water partition coefficient (Wildman–Crippen LogP) is 2.93. The van der Waals surface area contributed by atoms with E-state index >= 15 is 0 Å². The first kappa shape index (κ1) is 22.8. The molecule has 2 heterocycles. The molecule has 0 bridgehead atoms. The maximum absolute atomic E-state index is 13.4. The van der Waals surface area contributed by atoms with Crippen LogP contribution in [0.15, 0.2) is 52.3 Å². The minimum atomic E-state index is -3.37. The quantitative estimate of drug-likeness (QED) is 0.518. The van der Waals surface area contributed by atoms with Gasteiger partial charge in [-0.3, -0.25) is 9.69 Å². The highest BCUT2D eigenvalue weighted by atomic mass is 32.2. The molecule has 4 rings (SSSR count). The second kappa shape index (κ2) is 8.54. The van der Waals surface area contributed by atoms with E-state index in [1.54, 1.807) is 12.1 Å². The monoisotopic (exact) mass is 494 g/mol. The summed E-state index contributed by atoms with van der Waals surface area (Å²) in [5.74, 6) is -0.331. The van der Waals surface area contributed by atoms with Crippen LogP contribution in [0.4, 0.5) is 5.13 Å². The molecule has 11 heteroatoms. The lowest BCUT2D eigenvalue weighted by Crippen LogP contribution is -2.37. The number of thiazole rings is 1. The number of carbonyl (C=O) groups excluding carboxylic acids is 1. The van der Waals surface area contributed by atoms with Gasteiger partial charge in [0.15, 0.2) is 24.8 Å². The summed E-state index contributed by atoms with van der Waals surface area (Å²) in [4.78, 5) is 19.8. The molecule has 1 fully saturated rings. The number of fused-ring (bicyclic) bond motifs is 1. The standard InChI is InChI=1S/C21H22N2O6S3/c1-31(25,26)16-7-5-14(6-8-16)20(24)23(13-15-4-3-11-29-15)21-22-18-10-9-17(32(2,27)28)12-19(18)30-21/h5-10,12,15H,3-4,11,13H2,1-2H3. The second-order valence-corrected chi connectivity index (χ2v) is 12.8. The van der Waals surface area contributed by atoms with Crippen molar-refractivity contribution in [1.29, 1.82) is 0 Å². The zero-order valence-corrected chi connectivity index (χ0v) is 20.0. The van der Waals surface area contributed by atoms with Gasteiger partial charge in [-0.1, -0.05) is 11.3 Å². The first-order valence-electron chi connectivity index (χ1n) is 9.86. The minimum Gasteiger partial charge on any atom is -0.376 e. The van der Waals surface area contributed by atoms with E-state index in [4.69, 9.17) is 4.74 Å². The first-order valence-corrected chi connectivity index (χ1v) is 14.5. The molecule has 1 aliphatic rings. The average Bonchev–Trinajstić information content (AvgIpc) is 3.39. The fourth-order valence-corrected chi connectivity index (χ4v) is 5.84. The molecule has 1 aliphatic heterocycles. The van der Waals surface area contributed by atoms with Crippen molar-refractivity contribution in [2.24, 2.45) is 0 Å². The number of sulfone groups is 2. The number of nitrogens with zero attached hydrogens (tertiary/aromatic N) is 2. The zero-order valence-electron chi connectivity index (χ0n) is 17.5. The summed E-state index contributed by atoms with van der Waals surface area (Å²) in [6, 6.07) is 10.5. The van der Waals surface area contributed by atoms with Crippen molar-refractivity contribution in [3.8, 4) is 0 Å². The van der Waals surface area contributed by atoms with Gasteiger partial charge in [-0.2, -0.15) is 0 Å². The molecule has 0 aliphatic carbocycles. The van der Waals surface area contributed by atoms with E-state index in [0.29, 0.717) is 34.1 Å². The maximum atomic E-state index is 13.4. The molecular formula is C21H22N2O6S3. The SMILES string of the molecule is CS(=O)(=O)c1ccc(C(=O)N(CC2CCCO2)c2nc3ccc(S(C)(=O)=O)cc3s2)cc1. The van der Waals surface area contributed by atoms with Crippen molar-refractivity contribution >= 4 is 52.3 Å². The van der Waals surface area contributed by atoms with E-state index in [9.17, 15) is 21.6 Å². The highest BCUT2D eigenvalue weighted by Gasteiger charge is 2.27. The smallest absolute Gasteiger partial charge is 0.260 e. The van der Waals surface area contributed by atoms with E-state index in [1.165, 1.54) is 46.6 Å². The van der Waals surface area contributed by atoms with Crippen LogP contribution in [0.1, 0.15) is 23.2 Å². The summed E-state index contributed by atoms with van der Waals surface area (Å²) in [6.45, 7) is 0.929. The van der Waals surface area contributed by atoms with Gasteiger partial charge in [0, 0.05) is 24.7 Å². The number of benzene rings is 2. The molecule has 0 spiro atoms. The van der Waals surface area contributed by atoms with Crippen LogP contribution in [-0.4, -0.2) is 59.5 Å². The van der Waals surface area contributed by atoms with Gasteiger partial charge in [-0.15, -0.1) is 0 Å². The van der Waals surface area contributed by atoms with Gasteiger partial charge in [0.25, 0.3) is 5.91 Å². The van der Waals surface area contributed by atoms with Gasteiger partial charge >= 0.3 is 0 Å². The lowest BCUT2D eigenvalue weighted by molar-refractivity contribution is 0.0917. The van der Waals surface area contributed by atoms with E-state index in [-0.39, 0.29) is 21.8 Å². The summed E-state index contributed by atoms with van der Waals surface area (Å²) in [5.41, 5.74) is 0.918. The Morgan fingerprint density at radius 1 is 1.06 bits per heavy atom. The van der Waals surface area contributed by atoms with Crippen LogP contribution in [-0.2, 0) is 24.4 Å². The van der Waals surface area contributed by atoms with E-state index < -0.39 is 19.7 Å². The minimum absolute atomic E-state index is 0.132. The van der Waals surface area contributed by atoms with Gasteiger partial charge in [0.05, 0.1) is 32.7 Å². The van der Waals surface area contributed by atoms with Crippen molar-refractivity contribution in [3.63, 3.8) is 0 Å². The molecule has 1 atom stereocenters. The Morgan fingerprint density at radius 2 is 1.72 bits per heavy atom. The van der Waals surface area contributed by atoms with E-state index in [1.807, 2.05) is 0 Å². The summed E-state index contributed by atoms with van der Waals surface area (Å²) in [5, 5.41) is 0.429. The molecule has 32 heavy (non-hydrogen) atoms. The lowest BCUT2D eigenvalue weighted by Gasteiger charge is -2.23. The summed E-state index contributed by atoms with van der Waals surface area (Å²) in [6.07, 6.45) is 3.85. The van der Waals surface area contributed by atoms with Crippen LogP contribution < -0.4 is 4.90 Å². The predicted molar refractivity (Wildman–Crippen MR) is 123 cm³/mol. The molecule has 3 aromatic rings. The van der Waals surface area contributed by atoms with Crippen molar-refractivity contribution < 1.29 is 26.4 Å². The molecule has 1 amide bonds. The van der Waals surface area contributed by atoms with Crippen LogP contribution in [0.2, 0.25) is 0 Å². The van der Waals surface area contributed by atoms with Crippen molar-refractivity contribution in [2.45, 2.75) is 28.7 Å². The highest BCUT2D eigenvalue weighted by molar-refractivity contribution is 7.91. The molecule has 1 saturated heterocycles. The van der Waals surface area contributed by atoms with Gasteiger partial charge in [-0.05, 0) is 55.3 Å². The van der Waals surface area contributed by atoms with Crippen LogP contribution in [0, 0.1) is 0 Å². The molecule has 2 aromatic carbocycles. The number of ether oxygens (including phenoxy) is 1. The lowest BCUT2D eigenvalue weighted by atomic mass is 10.2. The van der Waals surface area contributed by atoms with Gasteiger partial charge in [-0.25, -0.2) is 21.8 Å². The molecule has 170 valence electrons. The summed E-state index contributed by atoms with van der Waals surface area (Å²) < 4.78 is 53.6. The molecule has 1 aromatic heterocycles. The van der Waals surface area contributed by atoms with Crippen LogP contribution >= 0.6 is 11.3 Å². The van der Waals surface area contributed by atoms with E-state index in [2.05, 4.69) is 4.98 Å². The van der Waals surface area contributed by atoms with Crippen molar-refractivity contribution in [3.05, 3.63) is 48.0 Å². The average molecular weight is 495 g/mol. The Hall–Kier alpha value is -2.34. The summed E-state index contributed by atoms with van der Waals surface area (Å²) >= 11 is 1.23. The second-order valence-electron chi connectivity index (χ2n) is 7.75. The zero-order chi connectivity index (χ0) is 23.1. The fraction of sp³-hybridized carbons (Fsp3) is 0.333. The third-order valence-corrected chi connectivity index (χ3v) is 8.47. The van der Waals surface area contributed by atoms with Gasteiger partial charge in [0.2, 0.25) is 0 Å².